The summed E-state index contributed by atoms with van der Waals surface area (Å²) >= 11 is 0. The van der Waals surface area contributed by atoms with E-state index < -0.39 is 0 Å². The van der Waals surface area contributed by atoms with Crippen LogP contribution in [0, 0.1) is 0 Å². The summed E-state index contributed by atoms with van der Waals surface area (Å²) in [5, 5.41) is 6.42. The van der Waals surface area contributed by atoms with E-state index >= 15 is 0 Å². The Bertz CT molecular complexity index is 477. The average molecular weight is 306 g/mol. The Morgan fingerprint density at radius 3 is 3.09 bits per heavy atom. The largest absolute Gasteiger partial charge is 0.490 e. The Kier molecular flexibility index (Phi) is 7.19. The Morgan fingerprint density at radius 2 is 2.23 bits per heavy atom. The molecule has 22 heavy (non-hydrogen) atoms. The van der Waals surface area contributed by atoms with Gasteiger partial charge in [-0.3, -0.25) is 4.79 Å². The number of carbonyl (C=O) groups excluding carboxylic acids is 1. The Hall–Kier alpha value is -1.59. The molecule has 0 radical (unpaired) electrons. The second kappa shape index (κ2) is 9.43. The number of Topliss-reactive ketones (excluding diaryl/α,β-unsaturated/α-hetero) is 1. The standard InChI is InChI=1S/C17H26N2O3/c1-2-3-9-21-10-4-7-18-13-16(20)14-5-6-17-15(12-14)19-8-11-22-17/h5-6,12,18-19H,2-4,7-11,13H2,1H3. The average Bonchev–Trinajstić information content (AvgIpc) is 2.56. The molecule has 2 rings (SSSR count). The molecular formula is C17H26N2O3. The smallest absolute Gasteiger partial charge is 0.176 e. The highest BCUT2D eigenvalue weighted by molar-refractivity contribution is 5.98. The lowest BCUT2D eigenvalue weighted by atomic mass is 10.1. The predicted octanol–water partition coefficient (Wildman–Crippen LogP) is 2.47. The molecule has 5 heteroatoms. The second-order valence-electron chi connectivity index (χ2n) is 5.41. The van der Waals surface area contributed by atoms with Gasteiger partial charge in [0.2, 0.25) is 0 Å². The van der Waals surface area contributed by atoms with Crippen molar-refractivity contribution in [3.8, 4) is 5.75 Å². The zero-order chi connectivity index (χ0) is 15.6. The lowest BCUT2D eigenvalue weighted by Gasteiger charge is -2.19. The van der Waals surface area contributed by atoms with E-state index in [4.69, 9.17) is 9.47 Å². The number of unbranched alkanes of at least 4 members (excludes halogenated alkanes) is 1. The number of fused-ring (bicyclic) bond motifs is 1. The van der Waals surface area contributed by atoms with E-state index in [1.54, 1.807) is 0 Å². The molecule has 1 aromatic rings. The van der Waals surface area contributed by atoms with Crippen molar-refractivity contribution < 1.29 is 14.3 Å². The highest BCUT2D eigenvalue weighted by Crippen LogP contribution is 2.28. The molecule has 0 fully saturated rings. The van der Waals surface area contributed by atoms with Crippen molar-refractivity contribution >= 4 is 11.5 Å². The molecule has 1 aliphatic heterocycles. The monoisotopic (exact) mass is 306 g/mol. The lowest BCUT2D eigenvalue weighted by Crippen LogP contribution is -2.25. The Morgan fingerprint density at radius 1 is 1.36 bits per heavy atom. The second-order valence-corrected chi connectivity index (χ2v) is 5.41. The van der Waals surface area contributed by atoms with Crippen molar-refractivity contribution in [2.75, 3.05) is 44.8 Å². The number of rotatable bonds is 10. The maximum atomic E-state index is 12.1. The van der Waals surface area contributed by atoms with Gasteiger partial charge in [0.1, 0.15) is 12.4 Å². The third kappa shape index (κ3) is 5.31. The van der Waals surface area contributed by atoms with Gasteiger partial charge >= 0.3 is 0 Å². The van der Waals surface area contributed by atoms with Gasteiger partial charge in [0, 0.05) is 25.3 Å². The molecule has 0 spiro atoms. The molecule has 1 aromatic carbocycles. The number of hydrogen-bond donors (Lipinski definition) is 2. The fourth-order valence-electron chi connectivity index (χ4n) is 2.27. The van der Waals surface area contributed by atoms with Crippen LogP contribution in [0.3, 0.4) is 0 Å². The third-order valence-electron chi connectivity index (χ3n) is 3.55. The van der Waals surface area contributed by atoms with Crippen LogP contribution in [-0.2, 0) is 4.74 Å². The van der Waals surface area contributed by atoms with Gasteiger partial charge in [0.05, 0.1) is 12.2 Å². The molecule has 0 aromatic heterocycles. The Balaban J connectivity index is 1.65. The molecular weight excluding hydrogens is 280 g/mol. The highest BCUT2D eigenvalue weighted by atomic mass is 16.5. The maximum Gasteiger partial charge on any atom is 0.176 e. The number of nitrogens with one attached hydrogen (secondary N) is 2. The van der Waals surface area contributed by atoms with Crippen molar-refractivity contribution in [2.45, 2.75) is 26.2 Å². The molecule has 0 unspecified atom stereocenters. The van der Waals surface area contributed by atoms with Crippen molar-refractivity contribution in [1.82, 2.24) is 5.32 Å². The van der Waals surface area contributed by atoms with Gasteiger partial charge in [-0.25, -0.2) is 0 Å². The fourth-order valence-corrected chi connectivity index (χ4v) is 2.27. The van der Waals surface area contributed by atoms with Gasteiger partial charge in [-0.05, 0) is 37.6 Å². The minimum Gasteiger partial charge on any atom is -0.490 e. The summed E-state index contributed by atoms with van der Waals surface area (Å²) in [5.41, 5.74) is 1.62. The van der Waals surface area contributed by atoms with Crippen LogP contribution in [0.5, 0.6) is 5.75 Å². The van der Waals surface area contributed by atoms with E-state index in [1.165, 1.54) is 0 Å². The number of ether oxygens (including phenoxy) is 2. The van der Waals surface area contributed by atoms with Crippen LogP contribution in [0.4, 0.5) is 5.69 Å². The summed E-state index contributed by atoms with van der Waals surface area (Å²) in [6.45, 7) is 6.33. The van der Waals surface area contributed by atoms with Crippen molar-refractivity contribution in [2.24, 2.45) is 0 Å². The van der Waals surface area contributed by atoms with Crippen molar-refractivity contribution in [3.63, 3.8) is 0 Å². The number of anilines is 1. The van der Waals surface area contributed by atoms with E-state index in [9.17, 15) is 4.79 Å². The van der Waals surface area contributed by atoms with E-state index in [0.717, 1.165) is 57.0 Å². The fraction of sp³-hybridized carbons (Fsp3) is 0.588. The number of benzene rings is 1. The third-order valence-corrected chi connectivity index (χ3v) is 3.55. The van der Waals surface area contributed by atoms with Gasteiger partial charge in [-0.2, -0.15) is 0 Å². The maximum absolute atomic E-state index is 12.1. The van der Waals surface area contributed by atoms with Crippen LogP contribution in [0.15, 0.2) is 18.2 Å². The Labute approximate surface area is 132 Å². The summed E-state index contributed by atoms with van der Waals surface area (Å²) in [4.78, 5) is 12.1. The number of hydrogen-bond acceptors (Lipinski definition) is 5. The van der Waals surface area contributed by atoms with Crippen LogP contribution in [0.2, 0.25) is 0 Å². The predicted molar refractivity (Wildman–Crippen MR) is 88.0 cm³/mol. The van der Waals surface area contributed by atoms with Crippen LogP contribution < -0.4 is 15.4 Å². The highest BCUT2D eigenvalue weighted by Gasteiger charge is 2.13. The molecule has 122 valence electrons. The quantitative estimate of drug-likeness (QED) is 0.514. The first-order valence-corrected chi connectivity index (χ1v) is 8.13. The van der Waals surface area contributed by atoms with E-state index in [-0.39, 0.29) is 5.78 Å². The number of carbonyl (C=O) groups is 1. The lowest BCUT2D eigenvalue weighted by molar-refractivity contribution is 0.0986. The van der Waals surface area contributed by atoms with E-state index in [2.05, 4.69) is 17.6 Å². The van der Waals surface area contributed by atoms with Crippen molar-refractivity contribution in [1.29, 1.82) is 0 Å². The first-order chi connectivity index (χ1) is 10.8. The molecule has 1 heterocycles. The molecule has 5 nitrogen and oxygen atoms in total. The van der Waals surface area contributed by atoms with Gasteiger partial charge in [-0.15, -0.1) is 0 Å². The zero-order valence-corrected chi connectivity index (χ0v) is 13.3. The molecule has 0 saturated heterocycles. The van der Waals surface area contributed by atoms with Gasteiger partial charge < -0.3 is 20.1 Å². The summed E-state index contributed by atoms with van der Waals surface area (Å²) < 4.78 is 11.0. The van der Waals surface area contributed by atoms with Crippen LogP contribution >= 0.6 is 0 Å². The molecule has 0 amide bonds. The summed E-state index contributed by atoms with van der Waals surface area (Å²) in [6, 6.07) is 5.55. The molecule has 2 N–H and O–H groups in total. The minimum atomic E-state index is 0.0991. The molecule has 0 atom stereocenters. The summed E-state index contributed by atoms with van der Waals surface area (Å²) in [6.07, 6.45) is 3.20. The first kappa shape index (κ1) is 16.8. The molecule has 0 saturated carbocycles. The molecule has 1 aliphatic rings. The van der Waals surface area contributed by atoms with Crippen LogP contribution in [0.1, 0.15) is 36.5 Å². The van der Waals surface area contributed by atoms with Crippen molar-refractivity contribution in [3.05, 3.63) is 23.8 Å². The van der Waals surface area contributed by atoms with Gasteiger partial charge in [0.15, 0.2) is 5.78 Å². The zero-order valence-electron chi connectivity index (χ0n) is 13.3. The summed E-state index contributed by atoms with van der Waals surface area (Å²) in [7, 11) is 0. The van der Waals surface area contributed by atoms with Crippen LogP contribution in [0.25, 0.3) is 0 Å². The molecule has 0 bridgehead atoms. The topological polar surface area (TPSA) is 59.6 Å². The van der Waals surface area contributed by atoms with E-state index in [0.29, 0.717) is 18.7 Å². The summed E-state index contributed by atoms with van der Waals surface area (Å²) in [5.74, 6) is 0.919. The molecule has 0 aliphatic carbocycles. The number of ketones is 1. The normalized spacial score (nSPS) is 13.1. The van der Waals surface area contributed by atoms with E-state index in [1.807, 2.05) is 18.2 Å². The SMILES string of the molecule is CCCCOCCCNCC(=O)c1ccc2c(c1)NCCO2. The van der Waals surface area contributed by atoms with Gasteiger partial charge in [-0.1, -0.05) is 13.3 Å². The van der Waals surface area contributed by atoms with Gasteiger partial charge in [0.25, 0.3) is 0 Å². The first-order valence-electron chi connectivity index (χ1n) is 8.13. The van der Waals surface area contributed by atoms with Crippen LogP contribution in [-0.4, -0.2) is 45.2 Å². The minimum absolute atomic E-state index is 0.0991.